The number of allylic oxidation sites excluding steroid dienone is 2. The lowest BCUT2D eigenvalue weighted by Crippen LogP contribution is -2.36. The first kappa shape index (κ1) is 15.6. The van der Waals surface area contributed by atoms with E-state index in [4.69, 9.17) is 16.7 Å². The first-order chi connectivity index (χ1) is 10.9. The molecule has 0 aliphatic heterocycles. The summed E-state index contributed by atoms with van der Waals surface area (Å²) in [4.78, 5) is 35.0. The van der Waals surface area contributed by atoms with E-state index in [0.29, 0.717) is 6.42 Å². The van der Waals surface area contributed by atoms with Crippen LogP contribution in [0.25, 0.3) is 0 Å². The summed E-state index contributed by atoms with van der Waals surface area (Å²) in [5.41, 5.74) is 0.166. The van der Waals surface area contributed by atoms with Crippen molar-refractivity contribution in [2.75, 3.05) is 5.32 Å². The van der Waals surface area contributed by atoms with Gasteiger partial charge in [-0.1, -0.05) is 23.8 Å². The molecule has 1 amide bonds. The number of halogens is 1. The van der Waals surface area contributed by atoms with E-state index in [9.17, 15) is 19.5 Å². The van der Waals surface area contributed by atoms with Crippen molar-refractivity contribution in [3.63, 3.8) is 0 Å². The van der Waals surface area contributed by atoms with Crippen molar-refractivity contribution in [1.82, 2.24) is 0 Å². The molecule has 2 bridgehead atoms. The Morgan fingerprint density at radius 2 is 1.74 bits per heavy atom. The number of aromatic carboxylic acids is 1. The number of hydrogen-bond acceptors (Lipinski definition) is 3. The van der Waals surface area contributed by atoms with Gasteiger partial charge in [-0.2, -0.15) is 0 Å². The lowest BCUT2D eigenvalue weighted by atomic mass is 9.82. The molecular weight excluding hydrogens is 322 g/mol. The van der Waals surface area contributed by atoms with Crippen LogP contribution in [0.5, 0.6) is 0 Å². The van der Waals surface area contributed by atoms with Crippen molar-refractivity contribution in [2.45, 2.75) is 6.42 Å². The standard InChI is InChI=1S/C16H14ClNO5/c17-11-4-3-9(6-10(11)15(20)21)18-14(19)12-7-1-2-8(5-7)13(12)16(22)23/h1-4,6-8,12-13H,5H2,(H,18,19)(H,20,21)(H,22,23). The first-order valence-corrected chi connectivity index (χ1v) is 7.51. The summed E-state index contributed by atoms with van der Waals surface area (Å²) in [7, 11) is 0. The number of benzene rings is 1. The Bertz CT molecular complexity index is 729. The molecular formula is C16H14ClNO5. The Kier molecular flexibility index (Phi) is 3.85. The van der Waals surface area contributed by atoms with E-state index in [0.717, 1.165) is 0 Å². The molecule has 0 spiro atoms. The molecule has 4 atom stereocenters. The van der Waals surface area contributed by atoms with Crippen molar-refractivity contribution in [3.05, 3.63) is 40.9 Å². The lowest BCUT2D eigenvalue weighted by Gasteiger charge is -2.23. The summed E-state index contributed by atoms with van der Waals surface area (Å²) < 4.78 is 0. The highest BCUT2D eigenvalue weighted by atomic mass is 35.5. The third-order valence-electron chi connectivity index (χ3n) is 4.51. The Morgan fingerprint density at radius 3 is 2.35 bits per heavy atom. The fraction of sp³-hybridized carbons (Fsp3) is 0.312. The molecule has 1 aromatic rings. The normalized spacial score (nSPS) is 27.9. The van der Waals surface area contributed by atoms with Gasteiger partial charge in [-0.25, -0.2) is 4.79 Å². The number of hydrogen-bond donors (Lipinski definition) is 3. The van der Waals surface area contributed by atoms with Crippen LogP contribution in [0.2, 0.25) is 5.02 Å². The Morgan fingerprint density at radius 1 is 1.09 bits per heavy atom. The van der Waals surface area contributed by atoms with Crippen LogP contribution in [0.4, 0.5) is 5.69 Å². The van der Waals surface area contributed by atoms with Gasteiger partial charge in [0.05, 0.1) is 22.4 Å². The zero-order valence-corrected chi connectivity index (χ0v) is 12.7. The molecule has 0 heterocycles. The van der Waals surface area contributed by atoms with Crippen molar-refractivity contribution in [2.24, 2.45) is 23.7 Å². The number of nitrogens with one attached hydrogen (secondary N) is 1. The van der Waals surface area contributed by atoms with Crippen LogP contribution in [-0.2, 0) is 9.59 Å². The average Bonchev–Trinajstić information content (AvgIpc) is 3.09. The SMILES string of the molecule is O=C(O)c1cc(NC(=O)C2C3C=CC(C3)C2C(=O)O)ccc1Cl. The van der Waals surface area contributed by atoms with Gasteiger partial charge in [0.15, 0.2) is 0 Å². The lowest BCUT2D eigenvalue weighted by molar-refractivity contribution is -0.146. The summed E-state index contributed by atoms with van der Waals surface area (Å²) in [6.45, 7) is 0. The van der Waals surface area contributed by atoms with Gasteiger partial charge in [0.25, 0.3) is 0 Å². The van der Waals surface area contributed by atoms with Crippen LogP contribution in [0.3, 0.4) is 0 Å². The molecule has 2 aliphatic carbocycles. The van der Waals surface area contributed by atoms with Gasteiger partial charge in [0.2, 0.25) is 5.91 Å². The van der Waals surface area contributed by atoms with Gasteiger partial charge in [-0.05, 0) is 36.5 Å². The van der Waals surface area contributed by atoms with Gasteiger partial charge < -0.3 is 15.5 Å². The predicted octanol–water partition coefficient (Wildman–Crippen LogP) is 2.50. The van der Waals surface area contributed by atoms with E-state index >= 15 is 0 Å². The zero-order chi connectivity index (χ0) is 16.7. The van der Waals surface area contributed by atoms with E-state index in [1.165, 1.54) is 18.2 Å². The maximum absolute atomic E-state index is 12.5. The molecule has 3 rings (SSSR count). The molecule has 1 fully saturated rings. The maximum Gasteiger partial charge on any atom is 0.337 e. The average molecular weight is 336 g/mol. The topological polar surface area (TPSA) is 104 Å². The van der Waals surface area contributed by atoms with Crippen LogP contribution in [0.1, 0.15) is 16.8 Å². The van der Waals surface area contributed by atoms with Gasteiger partial charge in [-0.15, -0.1) is 0 Å². The Labute approximate surface area is 136 Å². The number of carboxylic acids is 2. The van der Waals surface area contributed by atoms with Crippen LogP contribution in [-0.4, -0.2) is 28.1 Å². The predicted molar refractivity (Wildman–Crippen MR) is 82.4 cm³/mol. The molecule has 2 aliphatic rings. The summed E-state index contributed by atoms with van der Waals surface area (Å²) in [5, 5.41) is 21.1. The third kappa shape index (κ3) is 2.70. The van der Waals surface area contributed by atoms with Crippen LogP contribution in [0, 0.1) is 23.7 Å². The van der Waals surface area contributed by atoms with Crippen LogP contribution < -0.4 is 5.32 Å². The first-order valence-electron chi connectivity index (χ1n) is 7.13. The van der Waals surface area contributed by atoms with Gasteiger partial charge in [0, 0.05) is 5.69 Å². The summed E-state index contributed by atoms with van der Waals surface area (Å²) in [6, 6.07) is 4.14. The fourth-order valence-electron chi connectivity index (χ4n) is 3.51. The van der Waals surface area contributed by atoms with E-state index in [-0.39, 0.29) is 28.1 Å². The van der Waals surface area contributed by atoms with Gasteiger partial charge >= 0.3 is 11.9 Å². The molecule has 7 heteroatoms. The number of aliphatic carboxylic acids is 1. The highest BCUT2D eigenvalue weighted by molar-refractivity contribution is 6.33. The van der Waals surface area contributed by atoms with Gasteiger partial charge in [-0.3, -0.25) is 9.59 Å². The molecule has 1 aromatic carbocycles. The maximum atomic E-state index is 12.5. The minimum absolute atomic E-state index is 0.0711. The second kappa shape index (κ2) is 5.70. The van der Waals surface area contributed by atoms with E-state index in [2.05, 4.69) is 5.32 Å². The molecule has 4 unspecified atom stereocenters. The van der Waals surface area contributed by atoms with E-state index in [1.54, 1.807) is 0 Å². The number of carboxylic acid groups (broad SMARTS) is 2. The molecule has 120 valence electrons. The monoisotopic (exact) mass is 335 g/mol. The van der Waals surface area contributed by atoms with Crippen LogP contribution >= 0.6 is 11.6 Å². The summed E-state index contributed by atoms with van der Waals surface area (Å²) in [6.07, 6.45) is 4.41. The minimum Gasteiger partial charge on any atom is -0.481 e. The molecule has 0 radical (unpaired) electrons. The van der Waals surface area contributed by atoms with Crippen molar-refractivity contribution in [1.29, 1.82) is 0 Å². The van der Waals surface area contributed by atoms with Crippen molar-refractivity contribution >= 4 is 35.1 Å². The van der Waals surface area contributed by atoms with E-state index < -0.39 is 29.7 Å². The summed E-state index contributed by atoms with van der Waals surface area (Å²) in [5.74, 6) is -4.18. The smallest absolute Gasteiger partial charge is 0.337 e. The number of carbonyl (C=O) groups excluding carboxylic acids is 1. The van der Waals surface area contributed by atoms with Crippen LogP contribution in [0.15, 0.2) is 30.4 Å². The van der Waals surface area contributed by atoms with E-state index in [1.807, 2.05) is 12.2 Å². The number of rotatable bonds is 4. The minimum atomic E-state index is -1.20. The number of fused-ring (bicyclic) bond motifs is 2. The van der Waals surface area contributed by atoms with Crippen molar-refractivity contribution in [3.8, 4) is 0 Å². The quantitative estimate of drug-likeness (QED) is 0.733. The Hall–Kier alpha value is -2.34. The third-order valence-corrected chi connectivity index (χ3v) is 4.84. The van der Waals surface area contributed by atoms with Crippen molar-refractivity contribution < 1.29 is 24.6 Å². The second-order valence-corrected chi connectivity index (χ2v) is 6.23. The number of carbonyl (C=O) groups is 3. The molecule has 23 heavy (non-hydrogen) atoms. The molecule has 0 aromatic heterocycles. The summed E-state index contributed by atoms with van der Waals surface area (Å²) >= 11 is 5.79. The molecule has 0 saturated heterocycles. The number of anilines is 1. The van der Waals surface area contributed by atoms with Gasteiger partial charge in [0.1, 0.15) is 0 Å². The highest BCUT2D eigenvalue weighted by Gasteiger charge is 2.51. The zero-order valence-electron chi connectivity index (χ0n) is 11.9. The number of amides is 1. The molecule has 3 N–H and O–H groups in total. The largest absolute Gasteiger partial charge is 0.481 e. The highest BCUT2D eigenvalue weighted by Crippen LogP contribution is 2.48. The fourth-order valence-corrected chi connectivity index (χ4v) is 3.71. The Balaban J connectivity index is 1.82. The second-order valence-electron chi connectivity index (χ2n) is 5.83. The molecule has 1 saturated carbocycles. The molecule has 6 nitrogen and oxygen atoms in total.